The van der Waals surface area contributed by atoms with Crippen LogP contribution in [0.3, 0.4) is 0 Å². The second-order valence-electron chi connectivity index (χ2n) is 4.31. The molecular formula is C13H17N5. The molecule has 0 bridgehead atoms. The molecule has 1 heterocycles. The Morgan fingerprint density at radius 2 is 1.83 bits per heavy atom. The minimum absolute atomic E-state index is 0.388. The Morgan fingerprint density at radius 3 is 2.44 bits per heavy atom. The van der Waals surface area contributed by atoms with Crippen molar-refractivity contribution >= 4 is 17.5 Å². The zero-order valence-corrected chi connectivity index (χ0v) is 10.5. The summed E-state index contributed by atoms with van der Waals surface area (Å²) in [7, 11) is 0. The molecule has 0 unspecified atom stereocenters. The maximum atomic E-state index is 5.26. The number of hydrogen-bond donors (Lipinski definition) is 3. The molecule has 5 nitrogen and oxygen atoms in total. The van der Waals surface area contributed by atoms with Crippen LogP contribution in [0.2, 0.25) is 0 Å². The van der Waals surface area contributed by atoms with Crippen LogP contribution in [0.4, 0.5) is 17.5 Å². The number of benzene rings is 1. The van der Waals surface area contributed by atoms with E-state index >= 15 is 0 Å². The lowest BCUT2D eigenvalue weighted by atomic mass is 10.0. The molecule has 0 saturated carbocycles. The zero-order valence-electron chi connectivity index (χ0n) is 10.5. The Morgan fingerprint density at radius 1 is 1.11 bits per heavy atom. The minimum Gasteiger partial charge on any atom is -0.340 e. The van der Waals surface area contributed by atoms with Crippen molar-refractivity contribution in [2.45, 2.75) is 19.8 Å². The highest BCUT2D eigenvalue weighted by molar-refractivity contribution is 5.57. The maximum absolute atomic E-state index is 5.26. The van der Waals surface area contributed by atoms with E-state index in [2.05, 4.69) is 46.7 Å². The molecule has 0 aliphatic rings. The van der Waals surface area contributed by atoms with Crippen molar-refractivity contribution < 1.29 is 0 Å². The van der Waals surface area contributed by atoms with Crippen LogP contribution in [0.5, 0.6) is 0 Å². The lowest BCUT2D eigenvalue weighted by Crippen LogP contribution is -2.10. The van der Waals surface area contributed by atoms with E-state index in [4.69, 9.17) is 5.84 Å². The predicted molar refractivity (Wildman–Crippen MR) is 73.7 cm³/mol. The quantitative estimate of drug-likeness (QED) is 0.568. The van der Waals surface area contributed by atoms with E-state index < -0.39 is 0 Å². The van der Waals surface area contributed by atoms with Crippen molar-refractivity contribution in [1.29, 1.82) is 0 Å². The topological polar surface area (TPSA) is 75.9 Å². The number of anilines is 3. The van der Waals surface area contributed by atoms with Gasteiger partial charge in [0.25, 0.3) is 0 Å². The molecule has 0 spiro atoms. The van der Waals surface area contributed by atoms with Gasteiger partial charge in [-0.15, -0.1) is 0 Å². The second-order valence-corrected chi connectivity index (χ2v) is 4.31. The van der Waals surface area contributed by atoms with Crippen LogP contribution in [0.1, 0.15) is 25.3 Å². The summed E-state index contributed by atoms with van der Waals surface area (Å²) in [5.74, 6) is 6.89. The fraction of sp³-hybridized carbons (Fsp3) is 0.231. The summed E-state index contributed by atoms with van der Waals surface area (Å²) < 4.78 is 0. The van der Waals surface area contributed by atoms with Gasteiger partial charge in [-0.2, -0.15) is 4.98 Å². The van der Waals surface area contributed by atoms with Crippen molar-refractivity contribution in [1.82, 2.24) is 9.97 Å². The summed E-state index contributed by atoms with van der Waals surface area (Å²) in [6.07, 6.45) is 1.65. The monoisotopic (exact) mass is 243 g/mol. The largest absolute Gasteiger partial charge is 0.340 e. The molecule has 18 heavy (non-hydrogen) atoms. The van der Waals surface area contributed by atoms with Crippen LogP contribution >= 0.6 is 0 Å². The molecule has 5 heteroatoms. The molecule has 2 aromatic rings. The van der Waals surface area contributed by atoms with Gasteiger partial charge in [-0.05, 0) is 29.7 Å². The van der Waals surface area contributed by atoms with E-state index in [1.165, 1.54) is 5.56 Å². The molecule has 0 atom stereocenters. The average molecular weight is 243 g/mol. The number of rotatable bonds is 4. The van der Waals surface area contributed by atoms with Gasteiger partial charge in [0.15, 0.2) is 0 Å². The lowest BCUT2D eigenvalue weighted by Gasteiger charge is -2.09. The molecule has 4 N–H and O–H groups in total. The molecule has 0 aliphatic carbocycles. The highest BCUT2D eigenvalue weighted by atomic mass is 15.3. The van der Waals surface area contributed by atoms with Gasteiger partial charge in [-0.3, -0.25) is 5.43 Å². The molecule has 0 radical (unpaired) electrons. The minimum atomic E-state index is 0.388. The van der Waals surface area contributed by atoms with Gasteiger partial charge in [0, 0.05) is 11.9 Å². The van der Waals surface area contributed by atoms with Crippen LogP contribution in [-0.4, -0.2) is 9.97 Å². The van der Waals surface area contributed by atoms with Gasteiger partial charge in [0.2, 0.25) is 5.95 Å². The number of hydrogen-bond acceptors (Lipinski definition) is 5. The predicted octanol–water partition coefficient (Wildman–Crippen LogP) is 2.63. The van der Waals surface area contributed by atoms with Crippen molar-refractivity contribution in [3.8, 4) is 0 Å². The normalized spacial score (nSPS) is 10.4. The van der Waals surface area contributed by atoms with Gasteiger partial charge in [0.05, 0.1) is 0 Å². The van der Waals surface area contributed by atoms with Crippen molar-refractivity contribution in [2.24, 2.45) is 5.84 Å². The first-order valence-electron chi connectivity index (χ1n) is 5.85. The molecular weight excluding hydrogens is 226 g/mol. The number of hydrazine groups is 1. The van der Waals surface area contributed by atoms with E-state index in [0.29, 0.717) is 17.7 Å². The third-order valence-electron chi connectivity index (χ3n) is 2.63. The van der Waals surface area contributed by atoms with Crippen LogP contribution in [0.15, 0.2) is 36.5 Å². The van der Waals surface area contributed by atoms with Crippen LogP contribution < -0.4 is 16.6 Å². The first-order chi connectivity index (χ1) is 8.69. The number of nitrogens with two attached hydrogens (primary N) is 1. The summed E-state index contributed by atoms with van der Waals surface area (Å²) in [5, 5.41) is 3.20. The lowest BCUT2D eigenvalue weighted by molar-refractivity contribution is 0.867. The van der Waals surface area contributed by atoms with Crippen molar-refractivity contribution in [3.05, 3.63) is 42.1 Å². The van der Waals surface area contributed by atoms with Crippen LogP contribution in [-0.2, 0) is 0 Å². The first kappa shape index (κ1) is 12.3. The summed E-state index contributed by atoms with van der Waals surface area (Å²) in [6.45, 7) is 4.35. The first-order valence-corrected chi connectivity index (χ1v) is 5.85. The zero-order chi connectivity index (χ0) is 13.0. The third-order valence-corrected chi connectivity index (χ3v) is 2.63. The van der Waals surface area contributed by atoms with Gasteiger partial charge in [-0.25, -0.2) is 10.8 Å². The molecule has 94 valence electrons. The molecule has 0 aliphatic heterocycles. The van der Waals surface area contributed by atoms with Gasteiger partial charge < -0.3 is 5.32 Å². The third kappa shape index (κ3) is 2.95. The highest BCUT2D eigenvalue weighted by Crippen LogP contribution is 2.19. The van der Waals surface area contributed by atoms with Crippen molar-refractivity contribution in [2.75, 3.05) is 10.7 Å². The Labute approximate surface area is 106 Å². The molecule has 0 saturated heterocycles. The number of nitrogens with one attached hydrogen (secondary N) is 2. The van der Waals surface area contributed by atoms with E-state index in [9.17, 15) is 0 Å². The maximum Gasteiger partial charge on any atom is 0.239 e. The Balaban J connectivity index is 2.13. The smallest absolute Gasteiger partial charge is 0.239 e. The van der Waals surface area contributed by atoms with E-state index in [-0.39, 0.29) is 0 Å². The SMILES string of the molecule is CC(C)c1ccc(Nc2ccnc(NN)n2)cc1. The Hall–Kier alpha value is -2.14. The van der Waals surface area contributed by atoms with Gasteiger partial charge in [-0.1, -0.05) is 26.0 Å². The van der Waals surface area contributed by atoms with Crippen LogP contribution in [0.25, 0.3) is 0 Å². The fourth-order valence-corrected chi connectivity index (χ4v) is 1.60. The van der Waals surface area contributed by atoms with Gasteiger partial charge in [0.1, 0.15) is 5.82 Å². The number of aromatic nitrogens is 2. The number of nitrogen functional groups attached to an aromatic ring is 1. The summed E-state index contributed by atoms with van der Waals surface area (Å²) >= 11 is 0. The molecule has 2 rings (SSSR count). The van der Waals surface area contributed by atoms with Gasteiger partial charge >= 0.3 is 0 Å². The molecule has 1 aromatic heterocycles. The molecule has 1 aromatic carbocycles. The Bertz CT molecular complexity index is 507. The fourth-order valence-electron chi connectivity index (χ4n) is 1.60. The second kappa shape index (κ2) is 5.46. The summed E-state index contributed by atoms with van der Waals surface area (Å²) in [6, 6.07) is 10.1. The van der Waals surface area contributed by atoms with E-state index in [0.717, 1.165) is 5.69 Å². The average Bonchev–Trinajstić information content (AvgIpc) is 2.39. The molecule has 0 amide bonds. The van der Waals surface area contributed by atoms with Crippen LogP contribution in [0, 0.1) is 0 Å². The highest BCUT2D eigenvalue weighted by Gasteiger charge is 2.01. The standard InChI is InChI=1S/C13H17N5/c1-9(2)10-3-5-11(6-4-10)16-12-7-8-15-13(17-12)18-14/h3-9H,14H2,1-2H3,(H2,15,16,17,18). The number of nitrogens with zero attached hydrogens (tertiary/aromatic N) is 2. The Kier molecular flexibility index (Phi) is 3.74. The van der Waals surface area contributed by atoms with E-state index in [1.807, 2.05) is 12.1 Å². The van der Waals surface area contributed by atoms with Crippen molar-refractivity contribution in [3.63, 3.8) is 0 Å². The van der Waals surface area contributed by atoms with E-state index in [1.54, 1.807) is 12.3 Å². The summed E-state index contributed by atoms with van der Waals surface area (Å²) in [5.41, 5.74) is 4.71. The summed E-state index contributed by atoms with van der Waals surface area (Å²) in [4.78, 5) is 8.14. The molecule has 0 fully saturated rings.